The van der Waals surface area contributed by atoms with Gasteiger partial charge >= 0.3 is 5.97 Å². The molecule has 0 aromatic heterocycles. The van der Waals surface area contributed by atoms with Crippen molar-refractivity contribution in [3.63, 3.8) is 0 Å². The van der Waals surface area contributed by atoms with Crippen LogP contribution in [-0.2, 0) is 9.59 Å². The van der Waals surface area contributed by atoms with E-state index in [-0.39, 0.29) is 18.4 Å². The van der Waals surface area contributed by atoms with Crippen LogP contribution in [0.3, 0.4) is 0 Å². The maximum absolute atomic E-state index is 11.8. The van der Waals surface area contributed by atoms with E-state index in [0.29, 0.717) is 13.1 Å². The molecule has 0 saturated carbocycles. The Labute approximate surface area is 118 Å². The Balaban J connectivity index is 1.96. The fourth-order valence-corrected chi connectivity index (χ4v) is 2.47. The number of anilines is 1. The second-order valence-electron chi connectivity index (χ2n) is 5.33. The van der Waals surface area contributed by atoms with Gasteiger partial charge in [-0.3, -0.25) is 9.59 Å². The van der Waals surface area contributed by atoms with Gasteiger partial charge in [-0.15, -0.1) is 0 Å². The lowest BCUT2D eigenvalue weighted by Gasteiger charge is -2.30. The summed E-state index contributed by atoms with van der Waals surface area (Å²) >= 11 is 0. The minimum atomic E-state index is -0.884. The first-order valence-electron chi connectivity index (χ1n) is 6.77. The quantitative estimate of drug-likeness (QED) is 0.884. The van der Waals surface area contributed by atoms with E-state index < -0.39 is 11.9 Å². The number of amides is 1. The molecule has 1 aliphatic heterocycles. The number of hydrogen-bond donors (Lipinski definition) is 1. The maximum Gasteiger partial charge on any atom is 0.308 e. The van der Waals surface area contributed by atoms with Gasteiger partial charge in [-0.05, 0) is 19.1 Å². The summed E-state index contributed by atoms with van der Waals surface area (Å²) in [6.45, 7) is 2.91. The number of hydrogen-bond acceptors (Lipinski definition) is 3. The summed E-state index contributed by atoms with van der Waals surface area (Å²) in [5.74, 6) is -1.51. The highest BCUT2D eigenvalue weighted by molar-refractivity contribution is 5.86. The summed E-state index contributed by atoms with van der Waals surface area (Å²) in [7, 11) is 1.98. The first-order chi connectivity index (χ1) is 9.49. The third-order valence-corrected chi connectivity index (χ3v) is 3.87. The average Bonchev–Trinajstić information content (AvgIpc) is 2.80. The lowest BCUT2D eigenvalue weighted by atomic mass is 10.1. The molecule has 2 unspecified atom stereocenters. The number of rotatable bonds is 5. The van der Waals surface area contributed by atoms with E-state index in [4.69, 9.17) is 5.11 Å². The summed E-state index contributed by atoms with van der Waals surface area (Å²) in [5.41, 5.74) is 1.08. The van der Waals surface area contributed by atoms with E-state index in [1.165, 1.54) is 0 Å². The molecule has 0 bridgehead atoms. The van der Waals surface area contributed by atoms with Gasteiger partial charge in [-0.25, -0.2) is 0 Å². The number of carboxylic acid groups (broad SMARTS) is 1. The number of likely N-dealkylation sites (N-methyl/N-ethyl adjacent to an activating group) is 1. The number of benzene rings is 1. The van der Waals surface area contributed by atoms with Crippen LogP contribution < -0.4 is 4.90 Å². The minimum absolute atomic E-state index is 0.0642. The van der Waals surface area contributed by atoms with Crippen molar-refractivity contribution in [3.05, 3.63) is 30.3 Å². The molecule has 0 radical (unpaired) electrons. The number of carbonyl (C=O) groups excluding carboxylic acids is 1. The molecule has 1 aromatic rings. The largest absolute Gasteiger partial charge is 0.481 e. The maximum atomic E-state index is 11.8. The standard InChI is InChI=1S/C15H20N2O3/c1-11(16(2)13-6-4-3-5-7-13)9-17-10-12(15(19)20)8-14(17)18/h3-7,11-12H,8-10H2,1-2H3,(H,19,20). The van der Waals surface area contributed by atoms with Gasteiger partial charge in [-0.1, -0.05) is 18.2 Å². The summed E-state index contributed by atoms with van der Waals surface area (Å²) in [6, 6.07) is 10.1. The second kappa shape index (κ2) is 5.94. The molecule has 0 aliphatic carbocycles. The molecule has 1 fully saturated rings. The number of aliphatic carboxylic acids is 1. The smallest absolute Gasteiger partial charge is 0.308 e. The van der Waals surface area contributed by atoms with Gasteiger partial charge in [-0.2, -0.15) is 0 Å². The van der Waals surface area contributed by atoms with Crippen LogP contribution in [0.4, 0.5) is 5.69 Å². The predicted octanol–water partition coefficient (Wildman–Crippen LogP) is 1.44. The van der Waals surface area contributed by atoms with Crippen molar-refractivity contribution in [1.82, 2.24) is 4.90 Å². The fourth-order valence-electron chi connectivity index (χ4n) is 2.47. The number of carbonyl (C=O) groups is 2. The topological polar surface area (TPSA) is 60.9 Å². The third-order valence-electron chi connectivity index (χ3n) is 3.87. The molecule has 1 amide bonds. The zero-order valence-corrected chi connectivity index (χ0v) is 11.8. The number of para-hydroxylation sites is 1. The molecule has 1 N–H and O–H groups in total. The first-order valence-corrected chi connectivity index (χ1v) is 6.77. The molecule has 1 saturated heterocycles. The van der Waals surface area contributed by atoms with Crippen molar-refractivity contribution in [2.75, 3.05) is 25.0 Å². The summed E-state index contributed by atoms with van der Waals surface area (Å²) in [5, 5.41) is 8.98. The van der Waals surface area contributed by atoms with E-state index in [2.05, 4.69) is 4.90 Å². The van der Waals surface area contributed by atoms with Crippen LogP contribution in [0.15, 0.2) is 30.3 Å². The molecule has 2 rings (SSSR count). The van der Waals surface area contributed by atoms with Crippen LogP contribution >= 0.6 is 0 Å². The summed E-state index contributed by atoms with van der Waals surface area (Å²) in [6.07, 6.45) is 0.122. The normalized spacial score (nSPS) is 20.0. The Bertz CT molecular complexity index is 489. The van der Waals surface area contributed by atoms with Crippen LogP contribution in [0.1, 0.15) is 13.3 Å². The number of likely N-dealkylation sites (tertiary alicyclic amines) is 1. The van der Waals surface area contributed by atoms with Gasteiger partial charge in [0, 0.05) is 38.3 Å². The van der Waals surface area contributed by atoms with Crippen molar-refractivity contribution < 1.29 is 14.7 Å². The van der Waals surface area contributed by atoms with Gasteiger partial charge in [0.05, 0.1) is 5.92 Å². The highest BCUT2D eigenvalue weighted by Crippen LogP contribution is 2.20. The lowest BCUT2D eigenvalue weighted by molar-refractivity contribution is -0.141. The molecule has 1 aromatic carbocycles. The summed E-state index contributed by atoms with van der Waals surface area (Å²) in [4.78, 5) is 26.5. The molecular weight excluding hydrogens is 256 g/mol. The molecule has 5 nitrogen and oxygen atoms in total. The molecular formula is C15H20N2O3. The zero-order valence-electron chi connectivity index (χ0n) is 11.8. The van der Waals surface area contributed by atoms with Crippen molar-refractivity contribution in [3.8, 4) is 0 Å². The van der Waals surface area contributed by atoms with E-state index in [1.807, 2.05) is 44.3 Å². The molecule has 108 valence electrons. The SMILES string of the molecule is CC(CN1CC(C(=O)O)CC1=O)N(C)c1ccccc1. The zero-order chi connectivity index (χ0) is 14.7. The van der Waals surface area contributed by atoms with Crippen molar-refractivity contribution in [1.29, 1.82) is 0 Å². The Morgan fingerprint density at radius 1 is 1.45 bits per heavy atom. The van der Waals surface area contributed by atoms with E-state index in [0.717, 1.165) is 5.69 Å². The number of nitrogens with zero attached hydrogens (tertiary/aromatic N) is 2. The van der Waals surface area contributed by atoms with Gasteiger partial charge in [0.1, 0.15) is 0 Å². The molecule has 1 heterocycles. The van der Waals surface area contributed by atoms with Gasteiger partial charge in [0.25, 0.3) is 0 Å². The van der Waals surface area contributed by atoms with Crippen LogP contribution in [0.25, 0.3) is 0 Å². The Morgan fingerprint density at radius 3 is 2.65 bits per heavy atom. The first kappa shape index (κ1) is 14.4. The second-order valence-corrected chi connectivity index (χ2v) is 5.33. The Kier molecular flexibility index (Phi) is 4.27. The molecule has 2 atom stereocenters. The molecule has 1 aliphatic rings. The Hall–Kier alpha value is -2.04. The van der Waals surface area contributed by atoms with Gasteiger partial charge in [0.15, 0.2) is 0 Å². The van der Waals surface area contributed by atoms with Crippen LogP contribution in [-0.4, -0.2) is 48.1 Å². The van der Waals surface area contributed by atoms with Crippen molar-refractivity contribution in [2.45, 2.75) is 19.4 Å². The third kappa shape index (κ3) is 3.10. The minimum Gasteiger partial charge on any atom is -0.481 e. The molecule has 5 heteroatoms. The van der Waals surface area contributed by atoms with E-state index >= 15 is 0 Å². The highest BCUT2D eigenvalue weighted by atomic mass is 16.4. The predicted molar refractivity (Wildman–Crippen MR) is 76.6 cm³/mol. The highest BCUT2D eigenvalue weighted by Gasteiger charge is 2.35. The average molecular weight is 276 g/mol. The molecule has 0 spiro atoms. The monoisotopic (exact) mass is 276 g/mol. The van der Waals surface area contributed by atoms with Crippen molar-refractivity contribution >= 4 is 17.6 Å². The van der Waals surface area contributed by atoms with Crippen LogP contribution in [0.5, 0.6) is 0 Å². The Morgan fingerprint density at radius 2 is 2.10 bits per heavy atom. The van der Waals surface area contributed by atoms with Gasteiger partial charge in [0.2, 0.25) is 5.91 Å². The van der Waals surface area contributed by atoms with Crippen molar-refractivity contribution in [2.24, 2.45) is 5.92 Å². The lowest BCUT2D eigenvalue weighted by Crippen LogP contribution is -2.41. The summed E-state index contributed by atoms with van der Waals surface area (Å²) < 4.78 is 0. The number of carboxylic acids is 1. The van der Waals surface area contributed by atoms with Crippen LogP contribution in [0.2, 0.25) is 0 Å². The van der Waals surface area contributed by atoms with Crippen LogP contribution in [0, 0.1) is 5.92 Å². The fraction of sp³-hybridized carbons (Fsp3) is 0.467. The van der Waals surface area contributed by atoms with Gasteiger partial charge < -0.3 is 14.9 Å². The van der Waals surface area contributed by atoms with E-state index in [1.54, 1.807) is 4.90 Å². The molecule has 20 heavy (non-hydrogen) atoms. The van der Waals surface area contributed by atoms with E-state index in [9.17, 15) is 9.59 Å².